The summed E-state index contributed by atoms with van der Waals surface area (Å²) >= 11 is 0. The molecule has 0 bridgehead atoms. The van der Waals surface area contributed by atoms with Crippen molar-refractivity contribution >= 4 is 0 Å². The van der Waals surface area contributed by atoms with Crippen molar-refractivity contribution in [2.45, 2.75) is 99.6 Å². The van der Waals surface area contributed by atoms with E-state index in [4.69, 9.17) is 0 Å². The first-order chi connectivity index (χ1) is 13.5. The van der Waals surface area contributed by atoms with Gasteiger partial charge in [0.15, 0.2) is 0 Å². The van der Waals surface area contributed by atoms with E-state index in [-0.39, 0.29) is 6.04 Å². The molecule has 0 aliphatic carbocycles. The Morgan fingerprint density at radius 2 is 1.34 bits per heavy atom. The predicted molar refractivity (Wildman–Crippen MR) is 132 cm³/mol. The van der Waals surface area contributed by atoms with E-state index in [1.165, 1.54) is 31.4 Å². The minimum atomic E-state index is 0.210. The second kappa shape index (κ2) is 14.6. The van der Waals surface area contributed by atoms with E-state index in [0.29, 0.717) is 29.7 Å². The van der Waals surface area contributed by atoms with Gasteiger partial charge in [0, 0.05) is 29.7 Å². The molecular weight excluding hydrogens is 354 g/mol. The molecule has 0 saturated carbocycles. The zero-order valence-corrected chi connectivity index (χ0v) is 20.8. The zero-order valence-electron chi connectivity index (χ0n) is 20.8. The predicted octanol–water partition coefficient (Wildman–Crippen LogP) is 6.61. The van der Waals surface area contributed by atoms with Crippen LogP contribution < -0.4 is 16.0 Å². The van der Waals surface area contributed by atoms with Crippen LogP contribution in [-0.2, 0) is 0 Å². The third-order valence-corrected chi connectivity index (χ3v) is 6.17. The minimum Gasteiger partial charge on any atom is -0.387 e. The summed E-state index contributed by atoms with van der Waals surface area (Å²) in [5.74, 6) is 1.93. The van der Waals surface area contributed by atoms with Crippen molar-refractivity contribution in [2.24, 2.45) is 23.7 Å². The summed E-state index contributed by atoms with van der Waals surface area (Å²) in [6, 6.07) is 0.617. The SMILES string of the molecule is C=C(NC(C)C(C)CC(C)C(=C)N[C@H](C(=C)NCCCC)C(C)C)C(C)CCC. The Morgan fingerprint density at radius 3 is 1.86 bits per heavy atom. The third-order valence-electron chi connectivity index (χ3n) is 6.17. The van der Waals surface area contributed by atoms with Gasteiger partial charge >= 0.3 is 0 Å². The Balaban J connectivity index is 4.68. The van der Waals surface area contributed by atoms with Gasteiger partial charge in [-0.1, -0.05) is 81.0 Å². The summed E-state index contributed by atoms with van der Waals surface area (Å²) in [7, 11) is 0. The van der Waals surface area contributed by atoms with Crippen molar-refractivity contribution in [2.75, 3.05) is 6.54 Å². The van der Waals surface area contributed by atoms with Crippen molar-refractivity contribution in [3.8, 4) is 0 Å². The highest BCUT2D eigenvalue weighted by molar-refractivity contribution is 5.11. The summed E-state index contributed by atoms with van der Waals surface area (Å²) in [5, 5.41) is 10.8. The van der Waals surface area contributed by atoms with Crippen LogP contribution in [0.4, 0.5) is 0 Å². The van der Waals surface area contributed by atoms with E-state index in [1.807, 2.05) is 0 Å². The molecular formula is C26H51N3. The maximum Gasteiger partial charge on any atom is 0.0673 e. The fourth-order valence-electron chi connectivity index (χ4n) is 3.62. The van der Waals surface area contributed by atoms with Gasteiger partial charge < -0.3 is 16.0 Å². The molecule has 4 unspecified atom stereocenters. The second-order valence-electron chi connectivity index (χ2n) is 9.46. The molecule has 0 aromatic heterocycles. The molecule has 0 aromatic rings. The first-order valence-corrected chi connectivity index (χ1v) is 11.9. The van der Waals surface area contributed by atoms with Crippen molar-refractivity contribution in [3.63, 3.8) is 0 Å². The van der Waals surface area contributed by atoms with Gasteiger partial charge in [-0.15, -0.1) is 0 Å². The Hall–Kier alpha value is -1.38. The molecule has 0 heterocycles. The molecule has 0 aliphatic heterocycles. The minimum absolute atomic E-state index is 0.210. The normalized spacial score (nSPS) is 16.4. The molecule has 3 N–H and O–H groups in total. The quantitative estimate of drug-likeness (QED) is 0.238. The largest absolute Gasteiger partial charge is 0.387 e. The first kappa shape index (κ1) is 27.6. The number of allylic oxidation sites excluding steroid dienone is 2. The van der Waals surface area contributed by atoms with Crippen molar-refractivity contribution in [3.05, 3.63) is 36.8 Å². The average molecular weight is 406 g/mol. The topological polar surface area (TPSA) is 36.1 Å². The molecule has 29 heavy (non-hydrogen) atoms. The molecule has 0 radical (unpaired) electrons. The molecule has 0 aromatic carbocycles. The van der Waals surface area contributed by atoms with Gasteiger partial charge in [0.1, 0.15) is 0 Å². The van der Waals surface area contributed by atoms with Gasteiger partial charge in [-0.25, -0.2) is 0 Å². The summed E-state index contributed by atoms with van der Waals surface area (Å²) in [5.41, 5.74) is 3.36. The van der Waals surface area contributed by atoms with E-state index in [0.717, 1.165) is 24.4 Å². The lowest BCUT2D eigenvalue weighted by molar-refractivity contribution is 0.339. The number of unbranched alkanes of at least 4 members (excludes halogenated alkanes) is 1. The number of hydrogen-bond donors (Lipinski definition) is 3. The molecule has 5 atom stereocenters. The third kappa shape index (κ3) is 10.8. The highest BCUT2D eigenvalue weighted by Gasteiger charge is 2.22. The molecule has 0 spiro atoms. The van der Waals surface area contributed by atoms with Crippen LogP contribution in [0.5, 0.6) is 0 Å². The molecule has 170 valence electrons. The lowest BCUT2D eigenvalue weighted by atomic mass is 9.89. The van der Waals surface area contributed by atoms with Gasteiger partial charge in [-0.3, -0.25) is 0 Å². The Kier molecular flexibility index (Phi) is 13.9. The molecule has 0 saturated heterocycles. The summed E-state index contributed by atoms with van der Waals surface area (Å²) in [6.07, 6.45) is 5.85. The van der Waals surface area contributed by atoms with Crippen LogP contribution in [0.2, 0.25) is 0 Å². The van der Waals surface area contributed by atoms with E-state index < -0.39 is 0 Å². The van der Waals surface area contributed by atoms with Crippen LogP contribution in [0.1, 0.15) is 87.5 Å². The Bertz CT molecular complexity index is 494. The van der Waals surface area contributed by atoms with Gasteiger partial charge in [0.25, 0.3) is 0 Å². The summed E-state index contributed by atoms with van der Waals surface area (Å²) in [6.45, 7) is 31.9. The van der Waals surface area contributed by atoms with Crippen LogP contribution in [-0.4, -0.2) is 18.6 Å². The Labute approximate surface area is 182 Å². The van der Waals surface area contributed by atoms with Crippen LogP contribution in [0.25, 0.3) is 0 Å². The lowest BCUT2D eigenvalue weighted by Crippen LogP contribution is -2.41. The first-order valence-electron chi connectivity index (χ1n) is 11.9. The molecule has 3 heteroatoms. The molecule has 0 amide bonds. The van der Waals surface area contributed by atoms with Gasteiger partial charge in [0.05, 0.1) is 6.04 Å². The number of rotatable bonds is 17. The van der Waals surface area contributed by atoms with E-state index in [9.17, 15) is 0 Å². The highest BCUT2D eigenvalue weighted by Crippen LogP contribution is 2.23. The molecule has 3 nitrogen and oxygen atoms in total. The fourth-order valence-corrected chi connectivity index (χ4v) is 3.62. The number of nitrogens with one attached hydrogen (secondary N) is 3. The maximum absolute atomic E-state index is 4.36. The fraction of sp³-hybridized carbons (Fsp3) is 0.769. The standard InChI is InChI=1S/C26H51N3/c1-12-14-16-27-25(11)26(18(3)4)29-24(10)21(7)17-20(6)23(9)28-22(8)19(5)15-13-2/h18-21,23,26-29H,8,10-17H2,1-7,9H3/t19?,20?,21?,23?,26-/m0/s1. The Morgan fingerprint density at radius 1 is 0.759 bits per heavy atom. The van der Waals surface area contributed by atoms with Crippen molar-refractivity contribution in [1.29, 1.82) is 0 Å². The average Bonchev–Trinajstić information content (AvgIpc) is 2.65. The van der Waals surface area contributed by atoms with E-state index >= 15 is 0 Å². The van der Waals surface area contributed by atoms with E-state index in [1.54, 1.807) is 0 Å². The summed E-state index contributed by atoms with van der Waals surface area (Å²) in [4.78, 5) is 0. The van der Waals surface area contributed by atoms with E-state index in [2.05, 4.69) is 91.1 Å². The molecule has 0 fully saturated rings. The number of hydrogen-bond acceptors (Lipinski definition) is 3. The lowest BCUT2D eigenvalue weighted by Gasteiger charge is -2.32. The van der Waals surface area contributed by atoms with Gasteiger partial charge in [-0.05, 0) is 49.9 Å². The second-order valence-corrected chi connectivity index (χ2v) is 9.46. The van der Waals surface area contributed by atoms with Crippen molar-refractivity contribution in [1.82, 2.24) is 16.0 Å². The zero-order chi connectivity index (χ0) is 22.6. The highest BCUT2D eigenvalue weighted by atomic mass is 15.0. The monoisotopic (exact) mass is 405 g/mol. The molecule has 0 aliphatic rings. The van der Waals surface area contributed by atoms with Crippen LogP contribution in [0.15, 0.2) is 36.8 Å². The van der Waals surface area contributed by atoms with Gasteiger partial charge in [-0.2, -0.15) is 0 Å². The smallest absolute Gasteiger partial charge is 0.0673 e. The maximum atomic E-state index is 4.36. The van der Waals surface area contributed by atoms with Gasteiger partial charge in [0.2, 0.25) is 0 Å². The van der Waals surface area contributed by atoms with Crippen molar-refractivity contribution < 1.29 is 0 Å². The summed E-state index contributed by atoms with van der Waals surface area (Å²) < 4.78 is 0. The molecule has 0 rings (SSSR count). The van der Waals surface area contributed by atoms with Crippen LogP contribution >= 0.6 is 0 Å². The van der Waals surface area contributed by atoms with Crippen LogP contribution in [0.3, 0.4) is 0 Å². The van der Waals surface area contributed by atoms with Crippen LogP contribution in [0, 0.1) is 23.7 Å².